The summed E-state index contributed by atoms with van der Waals surface area (Å²) in [4.78, 5) is 1.80. The van der Waals surface area contributed by atoms with Crippen molar-refractivity contribution in [2.75, 3.05) is 39.7 Å². The maximum absolute atomic E-state index is 7.55. The largest absolute Gasteiger partial charge is 0.378 e. The molecule has 88 valence electrons. The Labute approximate surface area is 95.8 Å². The van der Waals surface area contributed by atoms with Gasteiger partial charge in [-0.25, -0.2) is 0 Å². The lowest BCUT2D eigenvalue weighted by Gasteiger charge is -2.13. The van der Waals surface area contributed by atoms with Crippen molar-refractivity contribution in [2.45, 2.75) is 18.9 Å². The molecule has 1 atom stereocenters. The Morgan fingerprint density at radius 1 is 1.60 bits per heavy atom. The Hall–Kier alpha value is -0.260. The van der Waals surface area contributed by atoms with Gasteiger partial charge in [0.25, 0.3) is 0 Å². The summed E-state index contributed by atoms with van der Waals surface area (Å²) >= 11 is 1.51. The molecule has 15 heavy (non-hydrogen) atoms. The minimum atomic E-state index is 0.309. The maximum Gasteiger partial charge on any atom is 0.155 e. The number of hydrogen-bond acceptors (Lipinski definition) is 4. The predicted molar refractivity (Wildman–Crippen MR) is 63.7 cm³/mol. The second kappa shape index (κ2) is 7.09. The van der Waals surface area contributed by atoms with Crippen molar-refractivity contribution < 1.29 is 9.47 Å². The monoisotopic (exact) mass is 232 g/mol. The number of nitrogens with one attached hydrogen (secondary N) is 1. The van der Waals surface area contributed by atoms with Gasteiger partial charge in [-0.05, 0) is 12.8 Å². The van der Waals surface area contributed by atoms with E-state index in [0.717, 1.165) is 25.2 Å². The zero-order chi connectivity index (χ0) is 11.1. The molecular formula is C10H20N2O2S. The van der Waals surface area contributed by atoms with Gasteiger partial charge in [0.1, 0.15) is 0 Å². The Morgan fingerprint density at radius 3 is 3.00 bits per heavy atom. The molecule has 0 aliphatic carbocycles. The highest BCUT2D eigenvalue weighted by molar-refractivity contribution is 8.13. The molecule has 0 bridgehead atoms. The molecule has 1 N–H and O–H groups in total. The van der Waals surface area contributed by atoms with Gasteiger partial charge < -0.3 is 14.4 Å². The highest BCUT2D eigenvalue weighted by atomic mass is 32.2. The van der Waals surface area contributed by atoms with Crippen LogP contribution < -0.4 is 0 Å². The fraction of sp³-hybridized carbons (Fsp3) is 0.900. The number of amidine groups is 1. The predicted octanol–water partition coefficient (Wildman–Crippen LogP) is 1.41. The lowest BCUT2D eigenvalue weighted by molar-refractivity contribution is 0.0226. The van der Waals surface area contributed by atoms with Crippen LogP contribution in [0.4, 0.5) is 0 Å². The number of thioether (sulfide) groups is 1. The summed E-state index contributed by atoms with van der Waals surface area (Å²) < 4.78 is 10.9. The van der Waals surface area contributed by atoms with Gasteiger partial charge >= 0.3 is 0 Å². The first-order chi connectivity index (χ1) is 7.20. The molecule has 0 aromatic carbocycles. The number of nitrogens with zero attached hydrogens (tertiary/aromatic N) is 1. The van der Waals surface area contributed by atoms with Crippen molar-refractivity contribution in [3.63, 3.8) is 0 Å². The van der Waals surface area contributed by atoms with E-state index in [9.17, 15) is 0 Å². The minimum absolute atomic E-state index is 0.309. The van der Waals surface area contributed by atoms with Crippen LogP contribution in [-0.2, 0) is 9.47 Å². The molecule has 0 aromatic rings. The zero-order valence-electron chi connectivity index (χ0n) is 9.49. The smallest absolute Gasteiger partial charge is 0.155 e. The van der Waals surface area contributed by atoms with Crippen LogP contribution in [0.1, 0.15) is 12.8 Å². The Kier molecular flexibility index (Phi) is 6.05. The quantitative estimate of drug-likeness (QED) is 0.442. The summed E-state index contributed by atoms with van der Waals surface area (Å²) in [6.45, 7) is 2.28. The SMILES string of the molecule is CN(C)C(=N)SCCOC[C@H]1CCCO1. The van der Waals surface area contributed by atoms with E-state index >= 15 is 0 Å². The summed E-state index contributed by atoms with van der Waals surface area (Å²) in [5, 5.41) is 8.13. The minimum Gasteiger partial charge on any atom is -0.378 e. The fourth-order valence-electron chi connectivity index (χ4n) is 1.32. The molecule has 0 unspecified atom stereocenters. The van der Waals surface area contributed by atoms with E-state index < -0.39 is 0 Å². The van der Waals surface area contributed by atoms with Crippen LogP contribution in [-0.4, -0.2) is 55.8 Å². The highest BCUT2D eigenvalue weighted by Gasteiger charge is 2.14. The molecule has 1 fully saturated rings. The van der Waals surface area contributed by atoms with Gasteiger partial charge in [-0.2, -0.15) is 0 Å². The number of rotatable bonds is 5. The third-order valence-corrected chi connectivity index (χ3v) is 3.21. The van der Waals surface area contributed by atoms with Crippen LogP contribution in [0.15, 0.2) is 0 Å². The summed E-state index contributed by atoms with van der Waals surface area (Å²) in [6.07, 6.45) is 2.60. The third-order valence-electron chi connectivity index (χ3n) is 2.20. The Bertz CT molecular complexity index is 194. The van der Waals surface area contributed by atoms with Crippen LogP contribution >= 0.6 is 11.8 Å². The average molecular weight is 232 g/mol. The van der Waals surface area contributed by atoms with E-state index in [-0.39, 0.29) is 0 Å². The van der Waals surface area contributed by atoms with Crippen molar-refractivity contribution in [2.24, 2.45) is 0 Å². The summed E-state index contributed by atoms with van der Waals surface area (Å²) in [7, 11) is 3.76. The standard InChI is InChI=1S/C10H20N2O2S/c1-12(2)10(11)15-7-6-13-8-9-4-3-5-14-9/h9,11H,3-8H2,1-2H3/t9-/m1/s1. The molecule has 0 radical (unpaired) electrons. The van der Waals surface area contributed by atoms with Crippen LogP contribution in [0.25, 0.3) is 0 Å². The Morgan fingerprint density at radius 2 is 2.40 bits per heavy atom. The van der Waals surface area contributed by atoms with Crippen molar-refractivity contribution in [3.8, 4) is 0 Å². The zero-order valence-corrected chi connectivity index (χ0v) is 10.3. The van der Waals surface area contributed by atoms with E-state index in [0.29, 0.717) is 24.5 Å². The first-order valence-corrected chi connectivity index (χ1v) is 6.26. The lowest BCUT2D eigenvalue weighted by Crippen LogP contribution is -2.19. The lowest BCUT2D eigenvalue weighted by atomic mass is 10.2. The fourth-order valence-corrected chi connectivity index (χ4v) is 1.97. The molecule has 0 spiro atoms. The van der Waals surface area contributed by atoms with E-state index in [1.807, 2.05) is 14.1 Å². The topological polar surface area (TPSA) is 45.6 Å². The van der Waals surface area contributed by atoms with Gasteiger partial charge in [-0.15, -0.1) is 0 Å². The van der Waals surface area contributed by atoms with Gasteiger partial charge in [0.15, 0.2) is 5.17 Å². The second-order valence-electron chi connectivity index (χ2n) is 3.76. The first kappa shape index (κ1) is 12.8. The molecule has 5 heteroatoms. The van der Waals surface area contributed by atoms with Gasteiger partial charge in [-0.3, -0.25) is 5.41 Å². The first-order valence-electron chi connectivity index (χ1n) is 5.28. The molecule has 0 saturated carbocycles. The van der Waals surface area contributed by atoms with Crippen LogP contribution in [0.2, 0.25) is 0 Å². The van der Waals surface area contributed by atoms with Crippen LogP contribution in [0.5, 0.6) is 0 Å². The van der Waals surface area contributed by atoms with E-state index in [2.05, 4.69) is 0 Å². The summed E-state index contributed by atoms with van der Waals surface area (Å²) in [6, 6.07) is 0. The molecule has 1 aliphatic rings. The van der Waals surface area contributed by atoms with Gasteiger partial charge in [0, 0.05) is 26.5 Å². The van der Waals surface area contributed by atoms with Crippen molar-refractivity contribution in [3.05, 3.63) is 0 Å². The third kappa shape index (κ3) is 5.39. The van der Waals surface area contributed by atoms with Gasteiger partial charge in [-0.1, -0.05) is 11.8 Å². The average Bonchev–Trinajstić information content (AvgIpc) is 2.69. The van der Waals surface area contributed by atoms with Gasteiger partial charge in [0.2, 0.25) is 0 Å². The van der Waals surface area contributed by atoms with Gasteiger partial charge in [0.05, 0.1) is 19.3 Å². The summed E-state index contributed by atoms with van der Waals surface area (Å²) in [5.74, 6) is 0.837. The Balaban J connectivity index is 1.90. The van der Waals surface area contributed by atoms with Crippen LogP contribution in [0, 0.1) is 5.41 Å². The summed E-state index contributed by atoms with van der Waals surface area (Å²) in [5.41, 5.74) is 0. The number of ether oxygens (including phenoxy) is 2. The normalized spacial score (nSPS) is 20.5. The van der Waals surface area contributed by atoms with Crippen LogP contribution in [0.3, 0.4) is 0 Å². The molecular weight excluding hydrogens is 212 g/mol. The molecule has 1 heterocycles. The van der Waals surface area contributed by atoms with E-state index in [4.69, 9.17) is 14.9 Å². The van der Waals surface area contributed by atoms with E-state index in [1.165, 1.54) is 11.8 Å². The second-order valence-corrected chi connectivity index (χ2v) is 4.84. The molecule has 1 saturated heterocycles. The maximum atomic E-state index is 7.55. The van der Waals surface area contributed by atoms with E-state index in [1.54, 1.807) is 4.90 Å². The van der Waals surface area contributed by atoms with Crippen molar-refractivity contribution >= 4 is 16.9 Å². The molecule has 0 aromatic heterocycles. The van der Waals surface area contributed by atoms with Crippen molar-refractivity contribution in [1.29, 1.82) is 5.41 Å². The highest BCUT2D eigenvalue weighted by Crippen LogP contribution is 2.12. The molecule has 1 rings (SSSR count). The van der Waals surface area contributed by atoms with Crippen molar-refractivity contribution in [1.82, 2.24) is 4.90 Å². The molecule has 1 aliphatic heterocycles. The number of hydrogen-bond donors (Lipinski definition) is 1. The molecule has 0 amide bonds. The molecule has 4 nitrogen and oxygen atoms in total.